The lowest BCUT2D eigenvalue weighted by atomic mass is 9.92. The van der Waals surface area contributed by atoms with Crippen molar-refractivity contribution in [3.05, 3.63) is 77.9 Å². The number of hydrogen-bond acceptors (Lipinski definition) is 7. The number of carbonyl (C=O) groups is 1. The number of aliphatic hydroxyl groups excluding tert-OH is 1. The van der Waals surface area contributed by atoms with E-state index in [0.717, 1.165) is 18.2 Å². The van der Waals surface area contributed by atoms with Crippen LogP contribution < -0.4 is 4.74 Å². The van der Waals surface area contributed by atoms with E-state index in [1.165, 1.54) is 12.1 Å². The molecule has 0 amide bonds. The fraction of sp³-hybridized carbons (Fsp3) is 0.0952. The number of carbonyl (C=O) groups excluding carboxylic acids is 1. The van der Waals surface area contributed by atoms with E-state index in [1.807, 2.05) is 36.4 Å². The highest BCUT2D eigenvalue weighted by atomic mass is 16.5. The van der Waals surface area contributed by atoms with Crippen LogP contribution in [-0.2, 0) is 0 Å². The van der Waals surface area contributed by atoms with Crippen LogP contribution in [0.25, 0.3) is 0 Å². The van der Waals surface area contributed by atoms with Crippen molar-refractivity contribution in [2.24, 2.45) is 0 Å². The minimum absolute atomic E-state index is 0.0784. The summed E-state index contributed by atoms with van der Waals surface area (Å²) in [6.45, 7) is 0. The second kappa shape index (κ2) is 7.89. The predicted molar refractivity (Wildman–Crippen MR) is 99.7 cm³/mol. The second-order valence-electron chi connectivity index (χ2n) is 6.09. The summed E-state index contributed by atoms with van der Waals surface area (Å²) in [4.78, 5) is 12.2. The number of fused-ring (bicyclic) bond motifs is 1. The molecule has 0 spiro atoms. The summed E-state index contributed by atoms with van der Waals surface area (Å²) in [5.74, 6) is -2.41. The zero-order valence-electron chi connectivity index (χ0n) is 14.6. The summed E-state index contributed by atoms with van der Waals surface area (Å²) in [5, 5.41) is 48.1. The van der Waals surface area contributed by atoms with Gasteiger partial charge in [0.05, 0.1) is 0 Å². The Hall–Kier alpha value is -3.71. The zero-order valence-corrected chi connectivity index (χ0v) is 14.6. The molecule has 0 bridgehead atoms. The molecule has 2 unspecified atom stereocenters. The molecule has 7 heteroatoms. The average molecular weight is 382 g/mol. The molecule has 0 aromatic heterocycles. The molecule has 0 saturated carbocycles. The first kappa shape index (κ1) is 19.1. The van der Waals surface area contributed by atoms with Gasteiger partial charge >= 0.3 is 0 Å². The number of benzene rings is 3. The molecular weight excluding hydrogens is 364 g/mol. The van der Waals surface area contributed by atoms with Gasteiger partial charge in [-0.05, 0) is 17.7 Å². The van der Waals surface area contributed by atoms with Crippen LogP contribution in [0.15, 0.2) is 66.7 Å². The molecule has 3 aromatic rings. The number of phenolic OH excluding ortho intramolecular Hbond substituents is 4. The minimum Gasteiger partial charge on any atom is -0.508 e. The van der Waals surface area contributed by atoms with Crippen molar-refractivity contribution in [1.82, 2.24) is 0 Å². The topological polar surface area (TPSA) is 127 Å². The largest absolute Gasteiger partial charge is 0.508 e. The van der Waals surface area contributed by atoms with Crippen molar-refractivity contribution in [2.75, 3.05) is 0 Å². The third-order valence-electron chi connectivity index (χ3n) is 4.12. The van der Waals surface area contributed by atoms with Gasteiger partial charge in [0.2, 0.25) is 5.78 Å². The van der Waals surface area contributed by atoms with Crippen LogP contribution in [0.1, 0.15) is 22.0 Å². The standard InChI is InChI=1S/C15H12O7.C6H6/c16-7-4-10(19)12-11(5-7)22-15(14(21)13(12)20)6-1-2-8(17)9(18)3-6;1-2-4-6-5-3-1/h1-5,14-19,21H;1-6H. The molecule has 0 fully saturated rings. The van der Waals surface area contributed by atoms with Gasteiger partial charge in [0.25, 0.3) is 0 Å². The maximum absolute atomic E-state index is 12.2. The minimum atomic E-state index is -1.60. The highest BCUT2D eigenvalue weighted by molar-refractivity contribution is 6.05. The van der Waals surface area contributed by atoms with Gasteiger partial charge in [0, 0.05) is 12.1 Å². The summed E-state index contributed by atoms with van der Waals surface area (Å²) in [6.07, 6.45) is -2.75. The molecule has 0 aliphatic carbocycles. The Labute approximate surface area is 160 Å². The molecule has 2 atom stereocenters. The molecule has 28 heavy (non-hydrogen) atoms. The Morgan fingerprint density at radius 1 is 0.750 bits per heavy atom. The van der Waals surface area contributed by atoms with Crippen molar-refractivity contribution in [2.45, 2.75) is 12.2 Å². The highest BCUT2D eigenvalue weighted by Crippen LogP contribution is 2.42. The molecule has 144 valence electrons. The van der Waals surface area contributed by atoms with Gasteiger partial charge in [-0.3, -0.25) is 4.79 Å². The number of aromatic hydroxyl groups is 4. The molecule has 0 radical (unpaired) electrons. The van der Waals surface area contributed by atoms with E-state index in [2.05, 4.69) is 0 Å². The van der Waals surface area contributed by atoms with Crippen LogP contribution in [0.2, 0.25) is 0 Å². The molecule has 1 aliphatic rings. The maximum Gasteiger partial charge on any atom is 0.202 e. The van der Waals surface area contributed by atoms with Crippen molar-refractivity contribution in [3.63, 3.8) is 0 Å². The molecule has 7 nitrogen and oxygen atoms in total. The molecular formula is C21H18O7. The Kier molecular flexibility index (Phi) is 5.37. The summed E-state index contributed by atoms with van der Waals surface area (Å²) in [7, 11) is 0. The van der Waals surface area contributed by atoms with Crippen molar-refractivity contribution >= 4 is 5.78 Å². The Morgan fingerprint density at radius 3 is 1.93 bits per heavy atom. The second-order valence-corrected chi connectivity index (χ2v) is 6.09. The van der Waals surface area contributed by atoms with Crippen molar-refractivity contribution in [3.8, 4) is 28.7 Å². The number of ether oxygens (including phenoxy) is 1. The first-order chi connectivity index (χ1) is 13.4. The third kappa shape index (κ3) is 3.84. The molecule has 1 heterocycles. The van der Waals surface area contributed by atoms with E-state index in [0.29, 0.717) is 0 Å². The van der Waals surface area contributed by atoms with Gasteiger partial charge in [-0.15, -0.1) is 0 Å². The molecule has 5 N–H and O–H groups in total. The molecule has 4 rings (SSSR count). The van der Waals surface area contributed by atoms with Crippen molar-refractivity contribution in [1.29, 1.82) is 0 Å². The maximum atomic E-state index is 12.2. The number of phenols is 4. The Bertz CT molecular complexity index is 959. The summed E-state index contributed by atoms with van der Waals surface area (Å²) in [6, 6.07) is 17.8. The monoisotopic (exact) mass is 382 g/mol. The van der Waals surface area contributed by atoms with Crippen LogP contribution >= 0.6 is 0 Å². The summed E-state index contributed by atoms with van der Waals surface area (Å²) < 4.78 is 5.47. The first-order valence-corrected chi connectivity index (χ1v) is 8.35. The van der Waals surface area contributed by atoms with Crippen molar-refractivity contribution < 1.29 is 35.1 Å². The van der Waals surface area contributed by atoms with E-state index in [9.17, 15) is 30.3 Å². The quantitative estimate of drug-likeness (QED) is 0.410. The van der Waals surface area contributed by atoms with Gasteiger partial charge in [0.1, 0.15) is 22.8 Å². The zero-order chi connectivity index (χ0) is 20.3. The van der Waals surface area contributed by atoms with E-state index >= 15 is 0 Å². The Balaban J connectivity index is 0.000000320. The molecule has 3 aromatic carbocycles. The normalized spacial score (nSPS) is 17.7. The molecule has 1 aliphatic heterocycles. The van der Waals surface area contributed by atoms with E-state index in [1.54, 1.807) is 0 Å². The van der Waals surface area contributed by atoms with Crippen LogP contribution in [0.3, 0.4) is 0 Å². The predicted octanol–water partition coefficient (Wildman–Crippen LogP) is 2.87. The average Bonchev–Trinajstić information content (AvgIpc) is 2.68. The van der Waals surface area contributed by atoms with Gasteiger partial charge in [-0.1, -0.05) is 42.5 Å². The van der Waals surface area contributed by atoms with Crippen LogP contribution in [0, 0.1) is 0 Å². The number of rotatable bonds is 1. The van der Waals surface area contributed by atoms with Gasteiger partial charge in [-0.2, -0.15) is 0 Å². The first-order valence-electron chi connectivity index (χ1n) is 8.35. The van der Waals surface area contributed by atoms with Gasteiger partial charge in [0.15, 0.2) is 23.7 Å². The molecule has 0 saturated heterocycles. The number of ketones is 1. The fourth-order valence-electron chi connectivity index (χ4n) is 2.77. The summed E-state index contributed by atoms with van der Waals surface area (Å²) >= 11 is 0. The fourth-order valence-corrected chi connectivity index (χ4v) is 2.77. The smallest absolute Gasteiger partial charge is 0.202 e. The lowest BCUT2D eigenvalue weighted by Gasteiger charge is -2.30. The van der Waals surface area contributed by atoms with Crippen LogP contribution in [0.5, 0.6) is 28.7 Å². The highest BCUT2D eigenvalue weighted by Gasteiger charge is 2.39. The number of aliphatic hydroxyl groups is 1. The lowest BCUT2D eigenvalue weighted by Crippen LogP contribution is -2.36. The Morgan fingerprint density at radius 2 is 1.36 bits per heavy atom. The van der Waals surface area contributed by atoms with Gasteiger partial charge in [-0.25, -0.2) is 0 Å². The SMILES string of the molecule is O=C1c2c(O)cc(O)cc2OC(c2ccc(O)c(O)c2)C1O.c1ccccc1. The van der Waals surface area contributed by atoms with E-state index in [4.69, 9.17) is 4.74 Å². The van der Waals surface area contributed by atoms with E-state index in [-0.39, 0.29) is 28.4 Å². The number of hydrogen-bond donors (Lipinski definition) is 5. The van der Waals surface area contributed by atoms with E-state index < -0.39 is 29.5 Å². The van der Waals surface area contributed by atoms with Crippen LogP contribution in [-0.4, -0.2) is 37.4 Å². The number of Topliss-reactive ketones (excluding diaryl/α,β-unsaturated/α-hetero) is 1. The third-order valence-corrected chi connectivity index (χ3v) is 4.12. The van der Waals surface area contributed by atoms with Crippen LogP contribution in [0.4, 0.5) is 0 Å². The van der Waals surface area contributed by atoms with Gasteiger partial charge < -0.3 is 30.3 Å². The lowest BCUT2D eigenvalue weighted by molar-refractivity contribution is 0.0210. The summed E-state index contributed by atoms with van der Waals surface area (Å²) in [5.41, 5.74) is 0.0363.